The van der Waals surface area contributed by atoms with Crippen LogP contribution in [0.4, 0.5) is 5.69 Å². The molecule has 230 valence electrons. The number of benzene rings is 3. The molecule has 2 saturated carbocycles. The molecule has 4 aromatic rings. The second kappa shape index (κ2) is 10.6. The van der Waals surface area contributed by atoms with E-state index >= 15 is 0 Å². The Kier molecular flexibility index (Phi) is 6.71. The number of carbonyl (C=O) groups is 4. The van der Waals surface area contributed by atoms with Crippen molar-refractivity contribution >= 4 is 63.4 Å². The van der Waals surface area contributed by atoms with Gasteiger partial charge >= 0.3 is 5.97 Å². The van der Waals surface area contributed by atoms with E-state index in [9.17, 15) is 19.2 Å². The van der Waals surface area contributed by atoms with E-state index in [1.807, 2.05) is 6.92 Å². The zero-order chi connectivity index (χ0) is 32.0. The van der Waals surface area contributed by atoms with Crippen LogP contribution in [0.3, 0.4) is 0 Å². The van der Waals surface area contributed by atoms with Gasteiger partial charge in [-0.05, 0) is 85.9 Å². The minimum atomic E-state index is -1.07. The summed E-state index contributed by atoms with van der Waals surface area (Å²) in [5.41, 5.74) is 3.43. The van der Waals surface area contributed by atoms with Crippen LogP contribution in [0, 0.1) is 42.4 Å². The molecule has 0 N–H and O–H groups in total. The number of rotatable bonds is 6. The summed E-state index contributed by atoms with van der Waals surface area (Å²) in [5.74, 6) is -0.484. The number of fused-ring (bicyclic) bond motifs is 1. The molecule has 7 nitrogen and oxygen atoms in total. The number of halogens is 2. The van der Waals surface area contributed by atoms with Crippen molar-refractivity contribution in [1.29, 1.82) is 0 Å². The standard InChI is InChI=1S/C37H28Cl2N2O5/c1-17-29(39)13-12-25-28(37(45)46-18(2)34(42)20-4-3-5-21(38)14-20)16-30(40-33(17)25)19-6-8-22(9-7-19)41-35(43)31-23-10-11-24(27-15-26(23)27)32(31)36(41)44/h3-14,16,18,23-24,26-27,31-32H,15H2,1-2H3. The van der Waals surface area contributed by atoms with Crippen molar-refractivity contribution in [3.05, 3.63) is 106 Å². The average molecular weight is 652 g/mol. The number of aryl methyl sites for hydroxylation is 1. The van der Waals surface area contributed by atoms with Crippen LogP contribution in [-0.2, 0) is 14.3 Å². The van der Waals surface area contributed by atoms with Gasteiger partial charge < -0.3 is 4.74 Å². The maximum Gasteiger partial charge on any atom is 0.339 e. The number of hydrogen-bond donors (Lipinski definition) is 0. The summed E-state index contributed by atoms with van der Waals surface area (Å²) >= 11 is 12.5. The molecule has 1 saturated heterocycles. The van der Waals surface area contributed by atoms with Gasteiger partial charge in [-0.15, -0.1) is 0 Å². The molecule has 3 aromatic carbocycles. The van der Waals surface area contributed by atoms with E-state index in [-0.39, 0.29) is 46.8 Å². The van der Waals surface area contributed by atoms with Crippen LogP contribution < -0.4 is 4.90 Å². The zero-order valence-corrected chi connectivity index (χ0v) is 26.5. The van der Waals surface area contributed by atoms with Gasteiger partial charge in [0.05, 0.1) is 34.3 Å². The summed E-state index contributed by atoms with van der Waals surface area (Å²) in [7, 11) is 0. The third-order valence-corrected chi connectivity index (χ3v) is 10.9. The van der Waals surface area contributed by atoms with Crippen LogP contribution in [-0.4, -0.2) is 34.7 Å². The molecule has 0 spiro atoms. The molecule has 2 bridgehead atoms. The van der Waals surface area contributed by atoms with Crippen molar-refractivity contribution in [3.63, 3.8) is 0 Å². The summed E-state index contributed by atoms with van der Waals surface area (Å²) in [5, 5.41) is 1.43. The number of ether oxygens (including phenoxy) is 1. The molecule has 2 amide bonds. The second-order valence-corrected chi connectivity index (χ2v) is 13.6. The number of nitrogens with zero attached hydrogens (tertiary/aromatic N) is 2. The van der Waals surface area contributed by atoms with E-state index in [0.29, 0.717) is 60.9 Å². The van der Waals surface area contributed by atoms with Crippen LogP contribution in [0.5, 0.6) is 0 Å². The van der Waals surface area contributed by atoms with E-state index in [0.717, 1.165) is 6.42 Å². The molecule has 7 unspecified atom stereocenters. The maximum absolute atomic E-state index is 13.6. The second-order valence-electron chi connectivity index (χ2n) is 12.8. The monoisotopic (exact) mass is 650 g/mol. The molecular weight excluding hydrogens is 623 g/mol. The van der Waals surface area contributed by atoms with Gasteiger partial charge in [-0.3, -0.25) is 19.3 Å². The molecule has 9 heteroatoms. The molecule has 1 aromatic heterocycles. The van der Waals surface area contributed by atoms with Crippen LogP contribution in [0.2, 0.25) is 10.0 Å². The molecule has 46 heavy (non-hydrogen) atoms. The first-order valence-electron chi connectivity index (χ1n) is 15.4. The Bertz CT molecular complexity index is 2000. The molecule has 4 aliphatic carbocycles. The van der Waals surface area contributed by atoms with Crippen LogP contribution in [0.15, 0.2) is 78.9 Å². The third-order valence-electron chi connectivity index (χ3n) is 10.2. The van der Waals surface area contributed by atoms with Crippen molar-refractivity contribution in [2.24, 2.45) is 35.5 Å². The van der Waals surface area contributed by atoms with Gasteiger partial charge in [0.25, 0.3) is 0 Å². The predicted octanol–water partition coefficient (Wildman–Crippen LogP) is 7.50. The SMILES string of the molecule is Cc1c(Cl)ccc2c(C(=O)OC(C)C(=O)c3cccc(Cl)c3)cc(-c3ccc(N4C(=O)C5C6C=CC(C7CC67)C5C4=O)cc3)nc12. The lowest BCUT2D eigenvalue weighted by atomic mass is 9.63. The Hall–Kier alpha value is -4.33. The lowest BCUT2D eigenvalue weighted by molar-refractivity contribution is -0.124. The molecule has 3 fully saturated rings. The number of allylic oxidation sites excluding steroid dienone is 2. The first kappa shape index (κ1) is 29.1. The van der Waals surface area contributed by atoms with E-state index in [4.69, 9.17) is 32.9 Å². The number of carbonyl (C=O) groups excluding carboxylic acids is 4. The molecule has 1 aliphatic heterocycles. The Morgan fingerprint density at radius 2 is 1.59 bits per heavy atom. The lowest BCUT2D eigenvalue weighted by Crippen LogP contribution is -2.40. The smallest absolute Gasteiger partial charge is 0.339 e. The van der Waals surface area contributed by atoms with Gasteiger partial charge in [0.15, 0.2) is 6.10 Å². The van der Waals surface area contributed by atoms with Crippen LogP contribution in [0.25, 0.3) is 22.2 Å². The summed E-state index contributed by atoms with van der Waals surface area (Å²) in [4.78, 5) is 60.0. The Balaban J connectivity index is 1.11. The minimum Gasteiger partial charge on any atom is -0.451 e. The number of esters is 1. The quantitative estimate of drug-likeness (QED) is 0.0928. The zero-order valence-electron chi connectivity index (χ0n) is 24.9. The fraction of sp³-hybridized carbons (Fsp3) is 0.270. The topological polar surface area (TPSA) is 93.6 Å². The first-order chi connectivity index (χ1) is 22.1. The minimum absolute atomic E-state index is 0.118. The highest BCUT2D eigenvalue weighted by molar-refractivity contribution is 6.32. The van der Waals surface area contributed by atoms with Crippen molar-refractivity contribution in [3.8, 4) is 11.3 Å². The normalized spacial score (nSPS) is 26.2. The number of hydrogen-bond acceptors (Lipinski definition) is 6. The van der Waals surface area contributed by atoms with Gasteiger partial charge in [-0.25, -0.2) is 9.78 Å². The molecule has 9 rings (SSSR count). The third kappa shape index (κ3) is 4.43. The predicted molar refractivity (Wildman–Crippen MR) is 175 cm³/mol. The number of pyridine rings is 1. The number of Topliss-reactive ketones (excluding diaryl/α,β-unsaturated/α-hetero) is 1. The number of ketones is 1. The number of amides is 2. The largest absolute Gasteiger partial charge is 0.451 e. The number of anilines is 1. The summed E-state index contributed by atoms with van der Waals surface area (Å²) < 4.78 is 5.67. The maximum atomic E-state index is 13.6. The van der Waals surface area contributed by atoms with Gasteiger partial charge in [-0.2, -0.15) is 0 Å². The highest BCUT2D eigenvalue weighted by atomic mass is 35.5. The van der Waals surface area contributed by atoms with Gasteiger partial charge in [0.2, 0.25) is 17.6 Å². The number of aromatic nitrogens is 1. The van der Waals surface area contributed by atoms with Crippen LogP contribution >= 0.6 is 23.2 Å². The molecule has 0 radical (unpaired) electrons. The van der Waals surface area contributed by atoms with Crippen molar-refractivity contribution in [2.45, 2.75) is 26.4 Å². The van der Waals surface area contributed by atoms with E-state index in [1.54, 1.807) is 60.7 Å². The highest BCUT2D eigenvalue weighted by Gasteiger charge is 2.67. The summed E-state index contributed by atoms with van der Waals surface area (Å²) in [6, 6.07) is 18.6. The average Bonchev–Trinajstić information content (AvgIpc) is 3.84. The highest BCUT2D eigenvalue weighted by Crippen LogP contribution is 2.65. The van der Waals surface area contributed by atoms with Gasteiger partial charge in [0, 0.05) is 26.6 Å². The number of imide groups is 1. The Labute approximate surface area is 275 Å². The van der Waals surface area contributed by atoms with Crippen molar-refractivity contribution < 1.29 is 23.9 Å². The Morgan fingerprint density at radius 3 is 2.24 bits per heavy atom. The fourth-order valence-electron chi connectivity index (χ4n) is 7.87. The fourth-order valence-corrected chi connectivity index (χ4v) is 8.21. The van der Waals surface area contributed by atoms with Crippen LogP contribution in [0.1, 0.15) is 39.6 Å². The van der Waals surface area contributed by atoms with E-state index in [2.05, 4.69) is 12.2 Å². The Morgan fingerprint density at radius 1 is 0.913 bits per heavy atom. The molecule has 7 atom stereocenters. The van der Waals surface area contributed by atoms with Gasteiger partial charge in [-0.1, -0.05) is 65.7 Å². The first-order valence-corrected chi connectivity index (χ1v) is 16.1. The summed E-state index contributed by atoms with van der Waals surface area (Å²) in [6.45, 7) is 3.34. The molecule has 5 aliphatic rings. The van der Waals surface area contributed by atoms with Crippen molar-refractivity contribution in [1.82, 2.24) is 4.98 Å². The van der Waals surface area contributed by atoms with Gasteiger partial charge in [0.1, 0.15) is 0 Å². The van der Waals surface area contributed by atoms with Crippen molar-refractivity contribution in [2.75, 3.05) is 4.90 Å². The van der Waals surface area contributed by atoms with E-state index in [1.165, 1.54) is 17.9 Å². The summed E-state index contributed by atoms with van der Waals surface area (Å²) in [6.07, 6.45) is 4.36. The lowest BCUT2D eigenvalue weighted by Gasteiger charge is -2.37. The molecule has 2 heterocycles. The molecular formula is C37H28Cl2N2O5. The van der Waals surface area contributed by atoms with E-state index < -0.39 is 12.1 Å².